The van der Waals surface area contributed by atoms with Gasteiger partial charge in [0.2, 0.25) is 10.0 Å². The van der Waals surface area contributed by atoms with Gasteiger partial charge in [-0.2, -0.15) is 0 Å². The lowest BCUT2D eigenvalue weighted by Crippen LogP contribution is -3.13. The highest BCUT2D eigenvalue weighted by molar-refractivity contribution is 7.89. The molecule has 0 amide bonds. The summed E-state index contributed by atoms with van der Waals surface area (Å²) in [5.74, 6) is 0. The Balaban J connectivity index is 1.81. The number of nitrogens with one attached hydrogen (secondary N) is 3. The van der Waals surface area contributed by atoms with Crippen molar-refractivity contribution in [1.82, 2.24) is 5.32 Å². The summed E-state index contributed by atoms with van der Waals surface area (Å²) >= 11 is 5.33. The molecule has 1 aromatic carbocycles. The molecule has 1 aliphatic rings. The van der Waals surface area contributed by atoms with Crippen molar-refractivity contribution < 1.29 is 13.3 Å². The van der Waals surface area contributed by atoms with E-state index in [9.17, 15) is 8.42 Å². The molecule has 1 heterocycles. The highest BCUT2D eigenvalue weighted by atomic mass is 32.2. The van der Waals surface area contributed by atoms with Crippen molar-refractivity contribution in [2.45, 2.75) is 37.1 Å². The minimum absolute atomic E-state index is 0.0909. The quantitative estimate of drug-likeness (QED) is 0.561. The van der Waals surface area contributed by atoms with E-state index in [4.69, 9.17) is 17.4 Å². The van der Waals surface area contributed by atoms with Crippen molar-refractivity contribution in [2.24, 2.45) is 5.14 Å². The van der Waals surface area contributed by atoms with Gasteiger partial charge in [0, 0.05) is 24.6 Å². The van der Waals surface area contributed by atoms with Crippen molar-refractivity contribution in [3.05, 3.63) is 24.3 Å². The third kappa shape index (κ3) is 5.72. The van der Waals surface area contributed by atoms with E-state index in [0.29, 0.717) is 11.2 Å². The van der Waals surface area contributed by atoms with Gasteiger partial charge in [-0.25, -0.2) is 13.6 Å². The summed E-state index contributed by atoms with van der Waals surface area (Å²) < 4.78 is 22.4. The zero-order chi connectivity index (χ0) is 16.9. The monoisotopic (exact) mass is 357 g/mol. The van der Waals surface area contributed by atoms with Crippen molar-refractivity contribution in [1.29, 1.82) is 0 Å². The van der Waals surface area contributed by atoms with E-state index in [-0.39, 0.29) is 4.90 Å². The number of sulfonamides is 1. The summed E-state index contributed by atoms with van der Waals surface area (Å²) in [5, 5.41) is 12.1. The number of rotatable bonds is 5. The standard InChI is InChI=1S/C15H24N4O2S2/c1-2-9-19-10-7-13(8-11-19)18-15(22)17-12-3-5-14(6-4-12)23(16,20)21/h3-6,13H,2,7-11H2,1H3,(H2,16,20,21)(H2,17,18,22)/p+1. The molecule has 6 nitrogen and oxygen atoms in total. The Labute approximate surface area is 143 Å². The Morgan fingerprint density at radius 2 is 1.91 bits per heavy atom. The topological polar surface area (TPSA) is 88.7 Å². The van der Waals surface area contributed by atoms with Gasteiger partial charge >= 0.3 is 0 Å². The van der Waals surface area contributed by atoms with E-state index < -0.39 is 10.0 Å². The smallest absolute Gasteiger partial charge is 0.238 e. The lowest BCUT2D eigenvalue weighted by Gasteiger charge is -2.30. The molecule has 1 aromatic rings. The number of quaternary nitrogens is 1. The molecule has 128 valence electrons. The van der Waals surface area contributed by atoms with E-state index in [1.807, 2.05) is 0 Å². The van der Waals surface area contributed by atoms with Crippen LogP contribution in [0.4, 0.5) is 5.69 Å². The van der Waals surface area contributed by atoms with Gasteiger partial charge in [-0.1, -0.05) is 6.92 Å². The van der Waals surface area contributed by atoms with Crippen LogP contribution in [0.2, 0.25) is 0 Å². The predicted octanol–water partition coefficient (Wildman–Crippen LogP) is 0.0777. The molecule has 1 saturated heterocycles. The fourth-order valence-electron chi connectivity index (χ4n) is 2.85. The van der Waals surface area contributed by atoms with Crippen molar-refractivity contribution in [3.8, 4) is 0 Å². The van der Waals surface area contributed by atoms with Crippen LogP contribution in [0.25, 0.3) is 0 Å². The van der Waals surface area contributed by atoms with Gasteiger partial charge in [0.25, 0.3) is 0 Å². The van der Waals surface area contributed by atoms with Crippen LogP contribution in [0.15, 0.2) is 29.2 Å². The second kappa shape index (κ2) is 8.05. The van der Waals surface area contributed by atoms with Gasteiger partial charge < -0.3 is 15.5 Å². The summed E-state index contributed by atoms with van der Waals surface area (Å²) in [6.07, 6.45) is 3.45. The molecule has 23 heavy (non-hydrogen) atoms. The van der Waals surface area contributed by atoms with Gasteiger partial charge in [0.05, 0.1) is 24.5 Å². The van der Waals surface area contributed by atoms with E-state index >= 15 is 0 Å². The number of nitrogens with two attached hydrogens (primary N) is 1. The molecule has 8 heteroatoms. The van der Waals surface area contributed by atoms with E-state index in [0.717, 1.165) is 18.5 Å². The van der Waals surface area contributed by atoms with Crippen molar-refractivity contribution in [3.63, 3.8) is 0 Å². The van der Waals surface area contributed by atoms with Crippen LogP contribution in [0.5, 0.6) is 0 Å². The van der Waals surface area contributed by atoms with Crippen LogP contribution >= 0.6 is 12.2 Å². The largest absolute Gasteiger partial charge is 0.359 e. The lowest BCUT2D eigenvalue weighted by atomic mass is 10.1. The van der Waals surface area contributed by atoms with E-state index in [1.165, 1.54) is 38.2 Å². The maximum atomic E-state index is 11.2. The molecular formula is C15H25N4O2S2+. The Kier molecular flexibility index (Phi) is 6.34. The number of hydrogen-bond donors (Lipinski definition) is 4. The third-order valence-corrected chi connectivity index (χ3v) is 5.22. The first-order chi connectivity index (χ1) is 10.9. The van der Waals surface area contributed by atoms with Gasteiger partial charge in [-0.15, -0.1) is 0 Å². The average molecular weight is 358 g/mol. The Bertz CT molecular complexity index is 623. The Morgan fingerprint density at radius 3 is 2.43 bits per heavy atom. The molecule has 1 fully saturated rings. The zero-order valence-electron chi connectivity index (χ0n) is 13.3. The fourth-order valence-corrected chi connectivity index (χ4v) is 3.65. The number of hydrogen-bond acceptors (Lipinski definition) is 3. The SMILES string of the molecule is CCC[NH+]1CCC(NC(=S)Nc2ccc(S(N)(=O)=O)cc2)CC1. The summed E-state index contributed by atoms with van der Waals surface area (Å²) in [7, 11) is -3.66. The number of piperidine rings is 1. The number of likely N-dealkylation sites (tertiary alicyclic amines) is 1. The molecule has 0 unspecified atom stereocenters. The highest BCUT2D eigenvalue weighted by Gasteiger charge is 2.21. The Hall–Kier alpha value is -1.22. The van der Waals surface area contributed by atoms with Crippen LogP contribution in [-0.2, 0) is 10.0 Å². The Morgan fingerprint density at radius 1 is 1.30 bits per heavy atom. The number of benzene rings is 1. The van der Waals surface area contributed by atoms with Crippen LogP contribution in [-0.4, -0.2) is 39.2 Å². The van der Waals surface area contributed by atoms with Crippen LogP contribution in [0.3, 0.4) is 0 Å². The number of anilines is 1. The molecule has 0 spiro atoms. The van der Waals surface area contributed by atoms with Gasteiger partial charge in [-0.05, 0) is 42.9 Å². The number of thiocarbonyl (C=S) groups is 1. The highest BCUT2D eigenvalue weighted by Crippen LogP contribution is 2.12. The average Bonchev–Trinajstić information content (AvgIpc) is 2.49. The zero-order valence-corrected chi connectivity index (χ0v) is 15.0. The first-order valence-electron chi connectivity index (χ1n) is 7.92. The maximum absolute atomic E-state index is 11.2. The molecule has 0 radical (unpaired) electrons. The third-order valence-electron chi connectivity index (χ3n) is 4.07. The lowest BCUT2D eigenvalue weighted by molar-refractivity contribution is -0.905. The van der Waals surface area contributed by atoms with Crippen LogP contribution in [0.1, 0.15) is 26.2 Å². The minimum atomic E-state index is -3.66. The first kappa shape index (κ1) is 18.1. The summed E-state index contributed by atoms with van der Waals surface area (Å²) in [5.41, 5.74) is 0.740. The molecule has 0 bridgehead atoms. The molecular weight excluding hydrogens is 332 g/mol. The summed E-state index contributed by atoms with van der Waals surface area (Å²) in [4.78, 5) is 1.76. The summed E-state index contributed by atoms with van der Waals surface area (Å²) in [6, 6.07) is 6.64. The normalized spacial score (nSPS) is 21.7. The minimum Gasteiger partial charge on any atom is -0.359 e. The first-order valence-corrected chi connectivity index (χ1v) is 9.88. The van der Waals surface area contributed by atoms with Gasteiger partial charge in [0.1, 0.15) is 0 Å². The molecule has 0 aliphatic carbocycles. The van der Waals surface area contributed by atoms with Gasteiger partial charge in [0.15, 0.2) is 5.11 Å². The molecule has 0 saturated carbocycles. The van der Waals surface area contributed by atoms with Crippen molar-refractivity contribution in [2.75, 3.05) is 25.0 Å². The molecule has 1 aliphatic heterocycles. The second-order valence-corrected chi connectivity index (χ2v) is 7.91. The predicted molar refractivity (Wildman–Crippen MR) is 96.0 cm³/mol. The number of primary sulfonamides is 1. The fraction of sp³-hybridized carbons (Fsp3) is 0.533. The second-order valence-electron chi connectivity index (χ2n) is 5.94. The van der Waals surface area contributed by atoms with Crippen LogP contribution < -0.4 is 20.7 Å². The molecule has 5 N–H and O–H groups in total. The van der Waals surface area contributed by atoms with Crippen molar-refractivity contribution >= 4 is 33.0 Å². The molecule has 0 atom stereocenters. The van der Waals surface area contributed by atoms with E-state index in [1.54, 1.807) is 17.0 Å². The van der Waals surface area contributed by atoms with Crippen LogP contribution in [0, 0.1) is 0 Å². The van der Waals surface area contributed by atoms with E-state index in [2.05, 4.69) is 17.6 Å². The molecule has 0 aromatic heterocycles. The maximum Gasteiger partial charge on any atom is 0.238 e. The molecule has 2 rings (SSSR count). The van der Waals surface area contributed by atoms with Gasteiger partial charge in [-0.3, -0.25) is 0 Å². The summed E-state index contributed by atoms with van der Waals surface area (Å²) in [6.45, 7) is 5.82.